The molecule has 112 valence electrons. The monoisotopic (exact) mass is 284 g/mol. The average molecular weight is 285 g/mol. The van der Waals surface area contributed by atoms with Gasteiger partial charge in [-0.1, -0.05) is 64.7 Å². The fraction of sp³-hybridized carbons (Fsp3) is 0.938. The van der Waals surface area contributed by atoms with E-state index in [1.54, 1.807) is 0 Å². The van der Waals surface area contributed by atoms with Gasteiger partial charge in [-0.2, -0.15) is 0 Å². The molecule has 2 nitrogen and oxygen atoms in total. The van der Waals surface area contributed by atoms with E-state index in [1.807, 2.05) is 0 Å². The summed E-state index contributed by atoms with van der Waals surface area (Å²) in [5, 5.41) is 7.64. The van der Waals surface area contributed by atoms with E-state index in [4.69, 9.17) is 12.2 Å². The van der Waals surface area contributed by atoms with Gasteiger partial charge in [-0.15, -0.1) is 0 Å². The lowest BCUT2D eigenvalue weighted by Crippen LogP contribution is -2.40. The minimum atomic E-state index is 0.638. The highest BCUT2D eigenvalue weighted by molar-refractivity contribution is 7.80. The summed E-state index contributed by atoms with van der Waals surface area (Å²) in [6, 6.07) is 0.638. The first kappa shape index (κ1) is 16.7. The molecule has 0 aromatic rings. The molecule has 1 aliphatic carbocycles. The van der Waals surface area contributed by atoms with Crippen molar-refractivity contribution in [2.24, 2.45) is 0 Å². The molecule has 1 aliphatic rings. The van der Waals surface area contributed by atoms with Crippen molar-refractivity contribution in [3.63, 3.8) is 0 Å². The third-order valence-corrected chi connectivity index (χ3v) is 4.27. The van der Waals surface area contributed by atoms with Crippen molar-refractivity contribution in [2.75, 3.05) is 6.54 Å². The second kappa shape index (κ2) is 11.5. The Kier molecular flexibility index (Phi) is 10.1. The van der Waals surface area contributed by atoms with E-state index in [0.717, 1.165) is 11.7 Å². The number of hydrogen-bond donors (Lipinski definition) is 2. The van der Waals surface area contributed by atoms with Gasteiger partial charge in [-0.25, -0.2) is 0 Å². The molecule has 0 unspecified atom stereocenters. The lowest BCUT2D eigenvalue weighted by molar-refractivity contribution is 0.569. The Bertz CT molecular complexity index is 225. The summed E-state index contributed by atoms with van der Waals surface area (Å²) in [7, 11) is 0. The predicted octanol–water partition coefficient (Wildman–Crippen LogP) is 4.53. The maximum Gasteiger partial charge on any atom is 0.166 e. The zero-order chi connectivity index (χ0) is 13.8. The van der Waals surface area contributed by atoms with Crippen LogP contribution in [0.5, 0.6) is 0 Å². The second-order valence-corrected chi connectivity index (χ2v) is 6.26. The Morgan fingerprint density at radius 3 is 2.16 bits per heavy atom. The lowest BCUT2D eigenvalue weighted by atomic mass is 10.1. The van der Waals surface area contributed by atoms with Gasteiger partial charge >= 0.3 is 0 Å². The summed E-state index contributed by atoms with van der Waals surface area (Å²) in [5.41, 5.74) is 0. The smallest absolute Gasteiger partial charge is 0.166 e. The van der Waals surface area contributed by atoms with Gasteiger partial charge in [0.2, 0.25) is 0 Å². The van der Waals surface area contributed by atoms with E-state index < -0.39 is 0 Å². The van der Waals surface area contributed by atoms with E-state index in [9.17, 15) is 0 Å². The third kappa shape index (κ3) is 9.26. The first-order valence-electron chi connectivity index (χ1n) is 8.37. The van der Waals surface area contributed by atoms with Gasteiger partial charge in [0.25, 0.3) is 0 Å². The summed E-state index contributed by atoms with van der Waals surface area (Å²) in [5.74, 6) is 0. The maximum atomic E-state index is 5.32. The molecule has 19 heavy (non-hydrogen) atoms. The molecule has 0 atom stereocenters. The van der Waals surface area contributed by atoms with Crippen LogP contribution in [0.25, 0.3) is 0 Å². The van der Waals surface area contributed by atoms with Crippen LogP contribution in [0.2, 0.25) is 0 Å². The summed E-state index contributed by atoms with van der Waals surface area (Å²) in [6.45, 7) is 3.31. The van der Waals surface area contributed by atoms with Crippen LogP contribution in [0.4, 0.5) is 0 Å². The highest BCUT2D eigenvalue weighted by Crippen LogP contribution is 2.17. The average Bonchev–Trinajstić information content (AvgIpc) is 2.89. The van der Waals surface area contributed by atoms with E-state index in [0.29, 0.717) is 6.04 Å². The van der Waals surface area contributed by atoms with Crippen molar-refractivity contribution in [3.05, 3.63) is 0 Å². The number of nitrogens with one attached hydrogen (secondary N) is 2. The van der Waals surface area contributed by atoms with Crippen LogP contribution in [0, 0.1) is 0 Å². The number of thiocarbonyl (C=S) groups is 1. The molecule has 1 saturated carbocycles. The van der Waals surface area contributed by atoms with Crippen molar-refractivity contribution in [1.82, 2.24) is 10.6 Å². The number of unbranched alkanes of at least 4 members (excludes halogenated alkanes) is 7. The van der Waals surface area contributed by atoms with Crippen molar-refractivity contribution in [2.45, 2.75) is 90.0 Å². The van der Waals surface area contributed by atoms with Crippen molar-refractivity contribution < 1.29 is 0 Å². The summed E-state index contributed by atoms with van der Waals surface area (Å²) < 4.78 is 0. The van der Waals surface area contributed by atoms with Crippen molar-refractivity contribution in [1.29, 1.82) is 0 Å². The van der Waals surface area contributed by atoms with Crippen LogP contribution < -0.4 is 10.6 Å². The molecule has 0 aliphatic heterocycles. The topological polar surface area (TPSA) is 24.1 Å². The molecule has 0 spiro atoms. The fourth-order valence-corrected chi connectivity index (χ4v) is 3.04. The highest BCUT2D eigenvalue weighted by Gasteiger charge is 2.14. The minimum absolute atomic E-state index is 0.638. The predicted molar refractivity (Wildman–Crippen MR) is 88.6 cm³/mol. The normalized spacial score (nSPS) is 15.6. The van der Waals surface area contributed by atoms with E-state index in [-0.39, 0.29) is 0 Å². The van der Waals surface area contributed by atoms with Crippen LogP contribution in [-0.4, -0.2) is 17.7 Å². The van der Waals surface area contributed by atoms with Gasteiger partial charge in [0, 0.05) is 12.6 Å². The molecule has 0 aromatic heterocycles. The molecular formula is C16H32N2S. The molecular weight excluding hydrogens is 252 g/mol. The lowest BCUT2D eigenvalue weighted by Gasteiger charge is -2.15. The van der Waals surface area contributed by atoms with Gasteiger partial charge in [-0.05, 0) is 31.5 Å². The summed E-state index contributed by atoms with van der Waals surface area (Å²) in [6.07, 6.45) is 16.3. The zero-order valence-electron chi connectivity index (χ0n) is 12.7. The first-order chi connectivity index (χ1) is 9.33. The zero-order valence-corrected chi connectivity index (χ0v) is 13.5. The van der Waals surface area contributed by atoms with Crippen LogP contribution in [0.1, 0.15) is 84.0 Å². The highest BCUT2D eigenvalue weighted by atomic mass is 32.1. The largest absolute Gasteiger partial charge is 0.363 e. The molecule has 1 rings (SSSR count). The van der Waals surface area contributed by atoms with Gasteiger partial charge in [0.05, 0.1) is 0 Å². The quantitative estimate of drug-likeness (QED) is 0.455. The molecule has 0 aromatic carbocycles. The third-order valence-electron chi connectivity index (χ3n) is 4.01. The number of rotatable bonds is 10. The summed E-state index contributed by atoms with van der Waals surface area (Å²) in [4.78, 5) is 0. The molecule has 3 heteroatoms. The Morgan fingerprint density at radius 1 is 0.947 bits per heavy atom. The molecule has 1 fully saturated rings. The SMILES string of the molecule is CCCCCCCCCCNC(=S)NC1CCCC1. The Labute approximate surface area is 125 Å². The Hall–Kier alpha value is -0.310. The van der Waals surface area contributed by atoms with E-state index in [2.05, 4.69) is 17.6 Å². The van der Waals surface area contributed by atoms with Crippen LogP contribution >= 0.6 is 12.2 Å². The molecule has 0 bridgehead atoms. The molecule has 0 heterocycles. The van der Waals surface area contributed by atoms with Crippen molar-refractivity contribution in [3.8, 4) is 0 Å². The van der Waals surface area contributed by atoms with Crippen molar-refractivity contribution >= 4 is 17.3 Å². The standard InChI is InChI=1S/C16H32N2S/c1-2-3-4-5-6-7-8-11-14-17-16(19)18-15-12-9-10-13-15/h15H,2-14H2,1H3,(H2,17,18,19). The van der Waals surface area contributed by atoms with Gasteiger partial charge in [-0.3, -0.25) is 0 Å². The minimum Gasteiger partial charge on any atom is -0.363 e. The Balaban J connectivity index is 1.80. The molecule has 0 saturated heterocycles. The molecule has 0 radical (unpaired) electrons. The number of hydrogen-bond acceptors (Lipinski definition) is 1. The molecule has 0 amide bonds. The van der Waals surface area contributed by atoms with Gasteiger partial charge < -0.3 is 10.6 Å². The molecule has 2 N–H and O–H groups in total. The second-order valence-electron chi connectivity index (χ2n) is 5.86. The Morgan fingerprint density at radius 2 is 1.53 bits per heavy atom. The van der Waals surface area contributed by atoms with E-state index in [1.165, 1.54) is 77.0 Å². The van der Waals surface area contributed by atoms with Gasteiger partial charge in [0.1, 0.15) is 0 Å². The van der Waals surface area contributed by atoms with Gasteiger partial charge in [0.15, 0.2) is 5.11 Å². The van der Waals surface area contributed by atoms with Crippen LogP contribution in [-0.2, 0) is 0 Å². The first-order valence-corrected chi connectivity index (χ1v) is 8.78. The fourth-order valence-electron chi connectivity index (χ4n) is 2.77. The maximum absolute atomic E-state index is 5.32. The summed E-state index contributed by atoms with van der Waals surface area (Å²) >= 11 is 5.32. The van der Waals surface area contributed by atoms with Crippen LogP contribution in [0.15, 0.2) is 0 Å². The van der Waals surface area contributed by atoms with E-state index >= 15 is 0 Å². The van der Waals surface area contributed by atoms with Crippen LogP contribution in [0.3, 0.4) is 0 Å².